The molecule has 1 fully saturated rings. The third kappa shape index (κ3) is 3.39. The zero-order chi connectivity index (χ0) is 14.7. The van der Waals surface area contributed by atoms with Gasteiger partial charge in [-0.3, -0.25) is 0 Å². The Morgan fingerprint density at radius 1 is 1.00 bits per heavy atom. The Labute approximate surface area is 119 Å². The van der Waals surface area contributed by atoms with Crippen molar-refractivity contribution in [2.75, 3.05) is 5.32 Å². The van der Waals surface area contributed by atoms with Gasteiger partial charge in [-0.1, -0.05) is 19.3 Å². The molecule has 2 rings (SSSR count). The van der Waals surface area contributed by atoms with Gasteiger partial charge in [0.25, 0.3) is 0 Å². The average molecular weight is 306 g/mol. The van der Waals surface area contributed by atoms with Gasteiger partial charge in [0.2, 0.25) is 0 Å². The summed E-state index contributed by atoms with van der Waals surface area (Å²) in [4.78, 5) is 0. The molecule has 0 saturated heterocycles. The smallest absolute Gasteiger partial charge is 0.185 e. The van der Waals surface area contributed by atoms with Crippen LogP contribution in [0.5, 0.6) is 0 Å². The van der Waals surface area contributed by atoms with Crippen molar-refractivity contribution in [3.8, 4) is 0 Å². The minimum Gasteiger partial charge on any atom is -0.360 e. The quantitative estimate of drug-likeness (QED) is 0.493. The van der Waals surface area contributed by atoms with E-state index in [4.69, 9.17) is 12.2 Å². The molecule has 1 aromatic rings. The summed E-state index contributed by atoms with van der Waals surface area (Å²) in [5.41, 5.74) is -0.907. The molecule has 0 amide bonds. The highest BCUT2D eigenvalue weighted by Crippen LogP contribution is 2.24. The maximum absolute atomic E-state index is 13.4. The van der Waals surface area contributed by atoms with Gasteiger partial charge in [0.05, 0.1) is 0 Å². The van der Waals surface area contributed by atoms with Crippen LogP contribution in [0.2, 0.25) is 0 Å². The summed E-state index contributed by atoms with van der Waals surface area (Å²) in [6.45, 7) is 0. The van der Waals surface area contributed by atoms with Crippen molar-refractivity contribution in [1.29, 1.82) is 0 Å². The van der Waals surface area contributed by atoms with Crippen LogP contribution in [-0.4, -0.2) is 11.2 Å². The molecular weight excluding hydrogens is 292 g/mol. The largest absolute Gasteiger partial charge is 0.360 e. The highest BCUT2D eigenvalue weighted by Gasteiger charge is 2.21. The number of hydrogen-bond donors (Lipinski definition) is 2. The van der Waals surface area contributed by atoms with Gasteiger partial charge in [-0.05, 0) is 25.1 Å². The van der Waals surface area contributed by atoms with Crippen LogP contribution in [0, 0.1) is 23.3 Å². The Morgan fingerprint density at radius 2 is 1.55 bits per heavy atom. The SMILES string of the molecule is Fc1cc(F)c(F)c(NC(=S)NC2CCCCC2)c1F. The van der Waals surface area contributed by atoms with Crippen molar-refractivity contribution >= 4 is 23.0 Å². The standard InChI is InChI=1S/C13H14F4N2S/c14-8-6-9(15)11(17)12(10(8)16)19-13(20)18-7-4-2-1-3-5-7/h6-7H,1-5H2,(H2,18,19,20). The first-order valence-corrected chi connectivity index (χ1v) is 6.80. The molecule has 2 nitrogen and oxygen atoms in total. The third-order valence-corrected chi connectivity index (χ3v) is 3.51. The van der Waals surface area contributed by atoms with E-state index in [-0.39, 0.29) is 17.2 Å². The number of thiocarbonyl (C=S) groups is 1. The number of hydrogen-bond acceptors (Lipinski definition) is 1. The van der Waals surface area contributed by atoms with Crippen molar-refractivity contribution in [2.45, 2.75) is 38.1 Å². The molecule has 0 radical (unpaired) electrons. The summed E-state index contributed by atoms with van der Waals surface area (Å²) < 4.78 is 53.0. The van der Waals surface area contributed by atoms with Crippen molar-refractivity contribution in [1.82, 2.24) is 5.32 Å². The fraction of sp³-hybridized carbons (Fsp3) is 0.462. The zero-order valence-electron chi connectivity index (χ0n) is 10.6. The first-order chi connectivity index (χ1) is 9.49. The lowest BCUT2D eigenvalue weighted by atomic mass is 9.96. The van der Waals surface area contributed by atoms with Gasteiger partial charge in [0, 0.05) is 12.1 Å². The van der Waals surface area contributed by atoms with Crippen LogP contribution in [0.1, 0.15) is 32.1 Å². The number of benzene rings is 1. The Morgan fingerprint density at radius 3 is 2.10 bits per heavy atom. The number of anilines is 1. The van der Waals surface area contributed by atoms with Crippen LogP contribution in [0.15, 0.2) is 6.07 Å². The van der Waals surface area contributed by atoms with E-state index in [0.717, 1.165) is 32.1 Å². The maximum Gasteiger partial charge on any atom is 0.185 e. The second-order valence-electron chi connectivity index (χ2n) is 4.78. The van der Waals surface area contributed by atoms with E-state index in [1.165, 1.54) is 0 Å². The van der Waals surface area contributed by atoms with E-state index in [9.17, 15) is 17.6 Å². The summed E-state index contributed by atoms with van der Waals surface area (Å²) >= 11 is 4.92. The Bertz CT molecular complexity index is 489. The van der Waals surface area contributed by atoms with Crippen LogP contribution in [0.25, 0.3) is 0 Å². The van der Waals surface area contributed by atoms with Crippen molar-refractivity contribution in [2.24, 2.45) is 0 Å². The van der Waals surface area contributed by atoms with Crippen molar-refractivity contribution in [3.05, 3.63) is 29.3 Å². The molecule has 0 unspecified atom stereocenters. The predicted molar refractivity (Wildman–Crippen MR) is 72.5 cm³/mol. The topological polar surface area (TPSA) is 24.1 Å². The Hall–Kier alpha value is -1.37. The molecule has 20 heavy (non-hydrogen) atoms. The second kappa shape index (κ2) is 6.39. The third-order valence-electron chi connectivity index (χ3n) is 3.29. The lowest BCUT2D eigenvalue weighted by Crippen LogP contribution is -2.39. The molecule has 110 valence electrons. The van der Waals surface area contributed by atoms with Crippen LogP contribution in [-0.2, 0) is 0 Å². The van der Waals surface area contributed by atoms with Crippen molar-refractivity contribution in [3.63, 3.8) is 0 Å². The molecule has 7 heteroatoms. The summed E-state index contributed by atoms with van der Waals surface area (Å²) in [7, 11) is 0. The van der Waals surface area contributed by atoms with Crippen LogP contribution in [0.3, 0.4) is 0 Å². The highest BCUT2D eigenvalue weighted by atomic mass is 32.1. The van der Waals surface area contributed by atoms with Gasteiger partial charge in [-0.2, -0.15) is 0 Å². The van der Waals surface area contributed by atoms with Crippen LogP contribution in [0.4, 0.5) is 23.2 Å². The summed E-state index contributed by atoms with van der Waals surface area (Å²) in [5.74, 6) is -5.91. The first kappa shape index (κ1) is 15.0. The van der Waals surface area contributed by atoms with E-state index < -0.39 is 29.0 Å². The van der Waals surface area contributed by atoms with Crippen molar-refractivity contribution < 1.29 is 17.6 Å². The van der Waals surface area contributed by atoms with Gasteiger partial charge >= 0.3 is 0 Å². The lowest BCUT2D eigenvalue weighted by Gasteiger charge is -2.24. The summed E-state index contributed by atoms with van der Waals surface area (Å²) in [6, 6.07) is 0.279. The van der Waals surface area contributed by atoms with Crippen LogP contribution >= 0.6 is 12.2 Å². The zero-order valence-corrected chi connectivity index (χ0v) is 11.4. The lowest BCUT2D eigenvalue weighted by molar-refractivity contribution is 0.414. The maximum atomic E-state index is 13.4. The summed E-state index contributed by atoms with van der Waals surface area (Å²) in [6.07, 6.45) is 5.07. The van der Waals surface area contributed by atoms with E-state index >= 15 is 0 Å². The molecular formula is C13H14F4N2S. The molecule has 0 heterocycles. The van der Waals surface area contributed by atoms with E-state index in [1.54, 1.807) is 0 Å². The first-order valence-electron chi connectivity index (χ1n) is 6.39. The molecule has 0 aromatic heterocycles. The van der Waals surface area contributed by atoms with Gasteiger partial charge in [-0.15, -0.1) is 0 Å². The van der Waals surface area contributed by atoms with E-state index in [0.29, 0.717) is 0 Å². The molecule has 1 aliphatic carbocycles. The monoisotopic (exact) mass is 306 g/mol. The molecule has 0 atom stereocenters. The average Bonchev–Trinajstić information content (AvgIpc) is 2.42. The number of nitrogens with one attached hydrogen (secondary N) is 2. The minimum absolute atomic E-state index is 0.0419. The molecule has 0 spiro atoms. The molecule has 0 aliphatic heterocycles. The number of halogens is 4. The molecule has 0 bridgehead atoms. The molecule has 1 aromatic carbocycles. The normalized spacial score (nSPS) is 16.0. The summed E-state index contributed by atoms with van der Waals surface area (Å²) in [5, 5.41) is 5.06. The molecule has 1 aliphatic rings. The Balaban J connectivity index is 2.07. The highest BCUT2D eigenvalue weighted by molar-refractivity contribution is 7.80. The Kier molecular flexibility index (Phi) is 4.80. The number of rotatable bonds is 2. The predicted octanol–water partition coefficient (Wildman–Crippen LogP) is 3.86. The molecule has 2 N–H and O–H groups in total. The van der Waals surface area contributed by atoms with Gasteiger partial charge in [0.15, 0.2) is 28.4 Å². The van der Waals surface area contributed by atoms with E-state index in [2.05, 4.69) is 10.6 Å². The van der Waals surface area contributed by atoms with E-state index in [1.807, 2.05) is 0 Å². The second-order valence-corrected chi connectivity index (χ2v) is 5.18. The minimum atomic E-state index is -1.49. The fourth-order valence-corrected chi connectivity index (χ4v) is 2.53. The van der Waals surface area contributed by atoms with Gasteiger partial charge in [-0.25, -0.2) is 17.6 Å². The molecule has 1 saturated carbocycles. The van der Waals surface area contributed by atoms with Crippen LogP contribution < -0.4 is 10.6 Å². The van der Waals surface area contributed by atoms with Gasteiger partial charge in [0.1, 0.15) is 5.69 Å². The van der Waals surface area contributed by atoms with Gasteiger partial charge < -0.3 is 10.6 Å². The fourth-order valence-electron chi connectivity index (χ4n) is 2.26.